The molecular weight excluding hydrogens is 438 g/mol. The Kier molecular flexibility index (Phi) is 7.31. The molecule has 9 heteroatoms. The van der Waals surface area contributed by atoms with E-state index in [4.69, 9.17) is 19.4 Å². The summed E-state index contributed by atoms with van der Waals surface area (Å²) in [6.07, 6.45) is 4.55. The molecule has 0 radical (unpaired) electrons. The molecule has 1 amide bonds. The Balaban J connectivity index is 0.000000868. The second-order valence-electron chi connectivity index (χ2n) is 9.15. The van der Waals surface area contributed by atoms with Crippen molar-refractivity contribution in [3.63, 3.8) is 0 Å². The van der Waals surface area contributed by atoms with Crippen molar-refractivity contribution in [1.29, 1.82) is 0 Å². The van der Waals surface area contributed by atoms with Crippen LogP contribution in [0.15, 0.2) is 30.3 Å². The SMILES string of the molecule is COc1cc(C(=O)N2CCC3(CC2)CC(CN2CCCC2)OC3=O)c2ccccc2n1.O=CO. The van der Waals surface area contributed by atoms with Crippen molar-refractivity contribution in [2.75, 3.05) is 39.8 Å². The van der Waals surface area contributed by atoms with E-state index >= 15 is 0 Å². The third-order valence-corrected chi connectivity index (χ3v) is 7.13. The Morgan fingerprint density at radius 2 is 1.91 bits per heavy atom. The number of methoxy groups -OCH3 is 1. The molecule has 1 spiro atoms. The number of fused-ring (bicyclic) bond motifs is 1. The van der Waals surface area contributed by atoms with Crippen LogP contribution in [0.5, 0.6) is 5.88 Å². The van der Waals surface area contributed by atoms with Crippen LogP contribution in [0, 0.1) is 5.41 Å². The number of ether oxygens (including phenoxy) is 2. The summed E-state index contributed by atoms with van der Waals surface area (Å²) in [5.41, 5.74) is 0.904. The number of esters is 1. The molecule has 182 valence electrons. The zero-order chi connectivity index (χ0) is 24.1. The lowest BCUT2D eigenvalue weighted by Crippen LogP contribution is -2.45. The molecule has 1 unspecified atom stereocenters. The van der Waals surface area contributed by atoms with E-state index in [-0.39, 0.29) is 24.5 Å². The van der Waals surface area contributed by atoms with Gasteiger partial charge in [-0.15, -0.1) is 0 Å². The van der Waals surface area contributed by atoms with Crippen molar-refractivity contribution < 1.29 is 29.0 Å². The number of rotatable bonds is 4. The van der Waals surface area contributed by atoms with Gasteiger partial charge in [-0.1, -0.05) is 18.2 Å². The lowest BCUT2D eigenvalue weighted by molar-refractivity contribution is -0.151. The first-order chi connectivity index (χ1) is 16.5. The molecule has 5 rings (SSSR count). The summed E-state index contributed by atoms with van der Waals surface area (Å²) in [4.78, 5) is 43.2. The molecule has 1 aromatic carbocycles. The third kappa shape index (κ3) is 4.84. The Morgan fingerprint density at radius 1 is 1.24 bits per heavy atom. The number of piperidine rings is 1. The number of likely N-dealkylation sites (tertiary alicyclic amines) is 2. The fraction of sp³-hybridized carbons (Fsp3) is 0.520. The van der Waals surface area contributed by atoms with Gasteiger partial charge in [-0.2, -0.15) is 0 Å². The van der Waals surface area contributed by atoms with Gasteiger partial charge in [-0.05, 0) is 44.8 Å². The number of carboxylic acid groups (broad SMARTS) is 1. The first kappa shape index (κ1) is 23.9. The number of pyridine rings is 1. The number of aromatic nitrogens is 1. The van der Waals surface area contributed by atoms with Crippen LogP contribution in [-0.4, -0.2) is 84.2 Å². The average Bonchev–Trinajstić information content (AvgIpc) is 3.46. The fourth-order valence-corrected chi connectivity index (χ4v) is 5.34. The van der Waals surface area contributed by atoms with Crippen LogP contribution < -0.4 is 4.74 Å². The average molecular weight is 470 g/mol. The summed E-state index contributed by atoms with van der Waals surface area (Å²) in [5.74, 6) is 0.325. The summed E-state index contributed by atoms with van der Waals surface area (Å²) in [7, 11) is 1.56. The Labute approximate surface area is 198 Å². The maximum absolute atomic E-state index is 13.4. The van der Waals surface area contributed by atoms with Gasteiger partial charge in [0.05, 0.1) is 23.6 Å². The molecule has 4 heterocycles. The minimum Gasteiger partial charge on any atom is -0.483 e. The van der Waals surface area contributed by atoms with Crippen LogP contribution in [0.2, 0.25) is 0 Å². The molecule has 2 aromatic rings. The van der Waals surface area contributed by atoms with Crippen LogP contribution >= 0.6 is 0 Å². The van der Waals surface area contributed by atoms with Crippen molar-refractivity contribution in [2.24, 2.45) is 5.41 Å². The first-order valence-corrected chi connectivity index (χ1v) is 11.7. The molecule has 3 saturated heterocycles. The quantitative estimate of drug-likeness (QED) is 0.538. The van der Waals surface area contributed by atoms with E-state index in [1.54, 1.807) is 13.2 Å². The first-order valence-electron chi connectivity index (χ1n) is 11.7. The van der Waals surface area contributed by atoms with E-state index in [0.29, 0.717) is 37.4 Å². The molecule has 3 fully saturated rings. The summed E-state index contributed by atoms with van der Waals surface area (Å²) >= 11 is 0. The zero-order valence-electron chi connectivity index (χ0n) is 19.4. The second-order valence-corrected chi connectivity index (χ2v) is 9.15. The number of hydrogen-bond acceptors (Lipinski definition) is 7. The number of amides is 1. The molecule has 9 nitrogen and oxygen atoms in total. The van der Waals surface area contributed by atoms with Gasteiger partial charge in [0.25, 0.3) is 12.4 Å². The van der Waals surface area contributed by atoms with Crippen molar-refractivity contribution in [3.8, 4) is 5.88 Å². The smallest absolute Gasteiger partial charge is 0.312 e. The molecule has 1 N–H and O–H groups in total. The molecule has 0 aliphatic carbocycles. The van der Waals surface area contributed by atoms with E-state index < -0.39 is 5.41 Å². The molecule has 3 aliphatic rings. The highest BCUT2D eigenvalue weighted by Gasteiger charge is 2.51. The highest BCUT2D eigenvalue weighted by Crippen LogP contribution is 2.43. The Hall–Kier alpha value is -3.20. The summed E-state index contributed by atoms with van der Waals surface area (Å²) in [5, 5.41) is 7.71. The number of carbonyl (C=O) groups excluding carboxylic acids is 2. The van der Waals surface area contributed by atoms with E-state index in [2.05, 4.69) is 9.88 Å². The van der Waals surface area contributed by atoms with E-state index in [1.807, 2.05) is 29.2 Å². The van der Waals surface area contributed by atoms with Crippen LogP contribution in [-0.2, 0) is 14.3 Å². The lowest BCUT2D eigenvalue weighted by atomic mass is 9.76. The van der Waals surface area contributed by atoms with Gasteiger partial charge < -0.3 is 19.5 Å². The highest BCUT2D eigenvalue weighted by atomic mass is 16.6. The van der Waals surface area contributed by atoms with Gasteiger partial charge >= 0.3 is 5.97 Å². The fourth-order valence-electron chi connectivity index (χ4n) is 5.34. The van der Waals surface area contributed by atoms with Gasteiger partial charge in [0, 0.05) is 37.5 Å². The lowest BCUT2D eigenvalue weighted by Gasteiger charge is -2.36. The number of cyclic esters (lactones) is 1. The zero-order valence-corrected chi connectivity index (χ0v) is 19.4. The predicted molar refractivity (Wildman–Crippen MR) is 125 cm³/mol. The summed E-state index contributed by atoms with van der Waals surface area (Å²) in [6.45, 7) is 3.92. The largest absolute Gasteiger partial charge is 0.483 e. The number of hydrogen-bond donors (Lipinski definition) is 1. The normalized spacial score (nSPS) is 21.7. The van der Waals surface area contributed by atoms with Crippen molar-refractivity contribution in [1.82, 2.24) is 14.8 Å². The van der Waals surface area contributed by atoms with Gasteiger partial charge in [-0.25, -0.2) is 4.98 Å². The van der Waals surface area contributed by atoms with Crippen LogP contribution in [0.4, 0.5) is 0 Å². The van der Waals surface area contributed by atoms with Gasteiger partial charge in [0.1, 0.15) is 6.10 Å². The Morgan fingerprint density at radius 3 is 2.59 bits per heavy atom. The molecule has 0 bridgehead atoms. The molecule has 3 aliphatic heterocycles. The van der Waals surface area contributed by atoms with Gasteiger partial charge in [0.15, 0.2) is 0 Å². The summed E-state index contributed by atoms with van der Waals surface area (Å²) < 4.78 is 11.1. The van der Waals surface area contributed by atoms with Crippen LogP contribution in [0.3, 0.4) is 0 Å². The number of benzene rings is 1. The van der Waals surface area contributed by atoms with Crippen LogP contribution in [0.1, 0.15) is 42.5 Å². The van der Waals surface area contributed by atoms with Crippen molar-refractivity contribution >= 4 is 29.3 Å². The second kappa shape index (κ2) is 10.4. The molecule has 34 heavy (non-hydrogen) atoms. The predicted octanol–water partition coefficient (Wildman–Crippen LogP) is 2.58. The van der Waals surface area contributed by atoms with Crippen LogP contribution in [0.25, 0.3) is 10.9 Å². The summed E-state index contributed by atoms with van der Waals surface area (Å²) in [6, 6.07) is 9.32. The maximum atomic E-state index is 13.4. The molecular formula is C25H31N3O6. The maximum Gasteiger partial charge on any atom is 0.312 e. The van der Waals surface area contributed by atoms with E-state index in [1.165, 1.54) is 12.8 Å². The minimum atomic E-state index is -0.431. The van der Waals surface area contributed by atoms with Crippen molar-refractivity contribution in [2.45, 2.75) is 38.2 Å². The number of para-hydroxylation sites is 1. The van der Waals surface area contributed by atoms with E-state index in [0.717, 1.165) is 37.0 Å². The topological polar surface area (TPSA) is 109 Å². The standard InChI is InChI=1S/C24H29N3O4.CH2O2/c1-30-21-14-19(18-6-2-3-7-20(18)25-21)22(28)27-12-8-24(9-13-27)15-17(31-23(24)29)16-26-10-4-5-11-26;2-1-3/h2-3,6-7,14,17H,4-5,8-13,15-16H2,1H3;1H,(H,2,3). The minimum absolute atomic E-state index is 0.0127. The highest BCUT2D eigenvalue weighted by molar-refractivity contribution is 6.06. The number of carbonyl (C=O) groups is 3. The van der Waals surface area contributed by atoms with Gasteiger partial charge in [0.2, 0.25) is 5.88 Å². The number of nitrogens with zero attached hydrogens (tertiary/aromatic N) is 3. The van der Waals surface area contributed by atoms with Crippen molar-refractivity contribution in [3.05, 3.63) is 35.9 Å². The van der Waals surface area contributed by atoms with Gasteiger partial charge in [-0.3, -0.25) is 19.3 Å². The molecule has 0 saturated carbocycles. The monoisotopic (exact) mass is 469 g/mol. The Bertz CT molecular complexity index is 1040. The third-order valence-electron chi connectivity index (χ3n) is 7.13. The molecule has 1 aromatic heterocycles. The van der Waals surface area contributed by atoms with E-state index in [9.17, 15) is 9.59 Å². The molecule has 1 atom stereocenters.